The van der Waals surface area contributed by atoms with Crippen LogP contribution in [0.15, 0.2) is 0 Å². The molecule has 1 atom stereocenters. The molecular weight excluding hydrogens is 149 g/mol. The van der Waals surface area contributed by atoms with Crippen LogP contribution in [0.1, 0.15) is 26.7 Å². The summed E-state index contributed by atoms with van der Waals surface area (Å²) in [7, 11) is -2.46. The van der Waals surface area contributed by atoms with Gasteiger partial charge >= 0.3 is 0 Å². The highest BCUT2D eigenvalue weighted by Gasteiger charge is 2.29. The van der Waals surface area contributed by atoms with Gasteiger partial charge in [-0.15, -0.1) is 0 Å². The number of nitrogens with two attached hydrogens (primary N) is 1. The Balaban J connectivity index is 4.31. The van der Waals surface area contributed by atoms with Crippen LogP contribution in [0, 0.1) is 0 Å². The van der Waals surface area contributed by atoms with Crippen LogP contribution in [0.5, 0.6) is 0 Å². The molecule has 4 heteroatoms. The molecule has 0 aromatic heterocycles. The Labute approximate surface area is 62.5 Å². The fraction of sp³-hybridized carbons (Fsp3) is 1.00. The van der Waals surface area contributed by atoms with Crippen molar-refractivity contribution in [3.63, 3.8) is 0 Å². The molecule has 0 saturated carbocycles. The second-order valence-electron chi connectivity index (χ2n) is 2.50. The highest BCUT2D eigenvalue weighted by molar-refractivity contribution is 7.40. The van der Waals surface area contributed by atoms with Gasteiger partial charge in [-0.05, 0) is 12.8 Å². The van der Waals surface area contributed by atoms with Crippen molar-refractivity contribution >= 4 is 8.03 Å². The molecule has 0 aliphatic rings. The maximum Gasteiger partial charge on any atom is 0.196 e. The van der Waals surface area contributed by atoms with E-state index in [-0.39, 0.29) is 0 Å². The van der Waals surface area contributed by atoms with Crippen molar-refractivity contribution in [1.29, 1.82) is 0 Å². The molecule has 1 unspecified atom stereocenters. The summed E-state index contributed by atoms with van der Waals surface area (Å²) >= 11 is 0. The van der Waals surface area contributed by atoms with Gasteiger partial charge in [0.25, 0.3) is 0 Å². The van der Waals surface area contributed by atoms with Crippen molar-refractivity contribution in [2.75, 3.05) is 6.54 Å². The van der Waals surface area contributed by atoms with Crippen LogP contribution in [0.25, 0.3) is 0 Å². The third-order valence-corrected chi connectivity index (χ3v) is 4.02. The lowest BCUT2D eigenvalue weighted by molar-refractivity contribution is 0.428. The number of hydrogen-bond acceptors (Lipinski definition) is 2. The van der Waals surface area contributed by atoms with Crippen molar-refractivity contribution < 1.29 is 9.46 Å². The molecule has 0 amide bonds. The molecule has 0 radical (unpaired) electrons. The van der Waals surface area contributed by atoms with Gasteiger partial charge in [-0.2, -0.15) is 0 Å². The maximum atomic E-state index is 10.8. The quantitative estimate of drug-likeness (QED) is 0.610. The van der Waals surface area contributed by atoms with E-state index >= 15 is 0 Å². The molecule has 10 heavy (non-hydrogen) atoms. The minimum Gasteiger partial charge on any atom is -0.346 e. The molecule has 62 valence electrons. The van der Waals surface area contributed by atoms with Gasteiger partial charge in [0.05, 0.1) is 5.16 Å². The predicted octanol–water partition coefficient (Wildman–Crippen LogP) is 0.971. The van der Waals surface area contributed by atoms with Crippen molar-refractivity contribution in [3.05, 3.63) is 0 Å². The van der Waals surface area contributed by atoms with E-state index < -0.39 is 13.2 Å². The molecule has 0 spiro atoms. The average molecular weight is 165 g/mol. The summed E-state index contributed by atoms with van der Waals surface area (Å²) in [6.45, 7) is 4.11. The minimum absolute atomic E-state index is 0.314. The smallest absolute Gasteiger partial charge is 0.196 e. The SMILES string of the molecule is CCC(CC)(CN)[PH](=O)O. The average Bonchev–Trinajstić information content (AvgIpc) is 1.92. The molecule has 0 rings (SSSR count). The molecule has 3 N–H and O–H groups in total. The minimum atomic E-state index is -2.46. The Morgan fingerprint density at radius 2 is 1.90 bits per heavy atom. The predicted molar refractivity (Wildman–Crippen MR) is 43.6 cm³/mol. The van der Waals surface area contributed by atoms with Gasteiger partial charge in [0.15, 0.2) is 8.03 Å². The van der Waals surface area contributed by atoms with Gasteiger partial charge < -0.3 is 10.6 Å². The lowest BCUT2D eigenvalue weighted by Crippen LogP contribution is -2.32. The summed E-state index contributed by atoms with van der Waals surface area (Å²) in [5, 5.41) is -0.495. The van der Waals surface area contributed by atoms with Gasteiger partial charge in [0, 0.05) is 6.54 Å². The standard InChI is InChI=1S/C6H16NO2P/c1-3-6(4-2,5-7)10(8)9/h10H,3-5,7H2,1-2H3,(H,8,9). The maximum absolute atomic E-state index is 10.8. The van der Waals surface area contributed by atoms with Gasteiger partial charge in [0.2, 0.25) is 0 Å². The molecule has 0 aromatic carbocycles. The third kappa shape index (κ3) is 1.82. The lowest BCUT2D eigenvalue weighted by atomic mass is 10.0. The van der Waals surface area contributed by atoms with Crippen LogP contribution in [-0.4, -0.2) is 16.6 Å². The van der Waals surface area contributed by atoms with Crippen LogP contribution in [0.3, 0.4) is 0 Å². The first-order chi connectivity index (χ1) is 4.63. The van der Waals surface area contributed by atoms with E-state index in [2.05, 4.69) is 0 Å². The molecule has 0 saturated heterocycles. The zero-order valence-electron chi connectivity index (χ0n) is 6.55. The zero-order valence-corrected chi connectivity index (χ0v) is 7.55. The molecule has 0 heterocycles. The van der Waals surface area contributed by atoms with Gasteiger partial charge in [-0.3, -0.25) is 4.57 Å². The monoisotopic (exact) mass is 165 g/mol. The largest absolute Gasteiger partial charge is 0.346 e. The van der Waals surface area contributed by atoms with E-state index in [9.17, 15) is 4.57 Å². The molecule has 3 nitrogen and oxygen atoms in total. The third-order valence-electron chi connectivity index (χ3n) is 2.20. The van der Waals surface area contributed by atoms with E-state index in [1.807, 2.05) is 13.8 Å². The second-order valence-corrected chi connectivity index (χ2v) is 4.17. The van der Waals surface area contributed by atoms with E-state index in [1.165, 1.54) is 0 Å². The van der Waals surface area contributed by atoms with Gasteiger partial charge in [0.1, 0.15) is 0 Å². The van der Waals surface area contributed by atoms with E-state index in [0.29, 0.717) is 19.4 Å². The van der Waals surface area contributed by atoms with Crippen LogP contribution < -0.4 is 5.73 Å². The van der Waals surface area contributed by atoms with E-state index in [4.69, 9.17) is 10.6 Å². The summed E-state index contributed by atoms with van der Waals surface area (Å²) in [4.78, 5) is 8.93. The van der Waals surface area contributed by atoms with Crippen LogP contribution in [-0.2, 0) is 4.57 Å². The second kappa shape index (κ2) is 4.12. The molecule has 0 bridgehead atoms. The summed E-state index contributed by atoms with van der Waals surface area (Å²) in [5.74, 6) is 0. The first-order valence-electron chi connectivity index (χ1n) is 3.56. The summed E-state index contributed by atoms with van der Waals surface area (Å²) in [6, 6.07) is 0. The Hall–Kier alpha value is 0.150. The van der Waals surface area contributed by atoms with Crippen LogP contribution >= 0.6 is 8.03 Å². The van der Waals surface area contributed by atoms with Crippen LogP contribution in [0.4, 0.5) is 0 Å². The summed E-state index contributed by atoms with van der Waals surface area (Å²) < 4.78 is 10.8. The Bertz CT molecular complexity index is 115. The Morgan fingerprint density at radius 3 is 1.90 bits per heavy atom. The fourth-order valence-electron chi connectivity index (χ4n) is 0.928. The molecule has 0 fully saturated rings. The number of hydrogen-bond donors (Lipinski definition) is 2. The number of rotatable bonds is 4. The van der Waals surface area contributed by atoms with E-state index in [1.54, 1.807) is 0 Å². The van der Waals surface area contributed by atoms with Crippen molar-refractivity contribution in [1.82, 2.24) is 0 Å². The first-order valence-corrected chi connectivity index (χ1v) is 4.92. The fourth-order valence-corrected chi connectivity index (χ4v) is 1.71. The Morgan fingerprint density at radius 1 is 1.50 bits per heavy atom. The lowest BCUT2D eigenvalue weighted by Gasteiger charge is -2.25. The van der Waals surface area contributed by atoms with Crippen molar-refractivity contribution in [2.45, 2.75) is 31.8 Å². The van der Waals surface area contributed by atoms with E-state index in [0.717, 1.165) is 0 Å². The summed E-state index contributed by atoms with van der Waals surface area (Å²) in [5.41, 5.74) is 5.40. The molecule has 0 aliphatic heterocycles. The zero-order chi connectivity index (χ0) is 8.20. The normalized spacial score (nSPS) is 15.2. The van der Waals surface area contributed by atoms with Gasteiger partial charge in [-0.25, -0.2) is 0 Å². The topological polar surface area (TPSA) is 63.3 Å². The molecule has 0 aromatic rings. The first kappa shape index (κ1) is 10.2. The Kier molecular flexibility index (Phi) is 4.18. The molecular formula is C6H16NO2P. The highest BCUT2D eigenvalue weighted by atomic mass is 31.1. The van der Waals surface area contributed by atoms with Crippen molar-refractivity contribution in [3.8, 4) is 0 Å². The summed E-state index contributed by atoms with van der Waals surface area (Å²) in [6.07, 6.45) is 1.38. The highest BCUT2D eigenvalue weighted by Crippen LogP contribution is 2.39. The van der Waals surface area contributed by atoms with Gasteiger partial charge in [-0.1, -0.05) is 13.8 Å². The van der Waals surface area contributed by atoms with Crippen LogP contribution in [0.2, 0.25) is 0 Å². The van der Waals surface area contributed by atoms with Crippen molar-refractivity contribution in [2.24, 2.45) is 5.73 Å². The molecule has 0 aliphatic carbocycles.